The minimum atomic E-state index is -0.291. The molecule has 0 saturated carbocycles. The third kappa shape index (κ3) is 6.53. The molecule has 2 aromatic carbocycles. The fourth-order valence-electron chi connectivity index (χ4n) is 2.62. The van der Waals surface area contributed by atoms with Gasteiger partial charge < -0.3 is 20.1 Å². The summed E-state index contributed by atoms with van der Waals surface area (Å²) in [5.41, 5.74) is 2.48. The zero-order valence-corrected chi connectivity index (χ0v) is 16.6. The van der Waals surface area contributed by atoms with Gasteiger partial charge in [0, 0.05) is 12.7 Å². The number of ether oxygens (including phenoxy) is 2. The largest absolute Gasteiger partial charge is 0.489 e. The molecule has 0 unspecified atom stereocenters. The lowest BCUT2D eigenvalue weighted by Crippen LogP contribution is -2.28. The molecule has 0 radical (unpaired) electrons. The number of urea groups is 1. The Labute approximate surface area is 170 Å². The van der Waals surface area contributed by atoms with Crippen molar-refractivity contribution in [3.8, 4) is 11.5 Å². The fraction of sp³-hybridized carbons (Fsp3) is 0.217. The van der Waals surface area contributed by atoms with Gasteiger partial charge in [-0.3, -0.25) is 4.98 Å². The summed E-state index contributed by atoms with van der Waals surface area (Å²) >= 11 is 0. The van der Waals surface area contributed by atoms with Crippen molar-refractivity contribution in [3.05, 3.63) is 84.2 Å². The first-order chi connectivity index (χ1) is 14.1. The molecule has 29 heavy (non-hydrogen) atoms. The smallest absolute Gasteiger partial charge is 0.319 e. The van der Waals surface area contributed by atoms with Gasteiger partial charge in [-0.25, -0.2) is 4.79 Å². The Hall–Kier alpha value is -3.54. The number of hydrogen-bond donors (Lipinski definition) is 2. The van der Waals surface area contributed by atoms with Gasteiger partial charge in [-0.1, -0.05) is 30.3 Å². The molecule has 0 bridgehead atoms. The average Bonchev–Trinajstić information content (AvgIpc) is 2.73. The van der Waals surface area contributed by atoms with Gasteiger partial charge in [0.1, 0.15) is 18.1 Å². The number of anilines is 1. The number of aromatic nitrogens is 1. The van der Waals surface area contributed by atoms with Gasteiger partial charge in [-0.2, -0.15) is 0 Å². The Balaban J connectivity index is 1.48. The van der Waals surface area contributed by atoms with Crippen molar-refractivity contribution >= 4 is 11.7 Å². The average molecular weight is 391 g/mol. The lowest BCUT2D eigenvalue weighted by Gasteiger charge is -2.15. The fourth-order valence-corrected chi connectivity index (χ4v) is 2.62. The maximum Gasteiger partial charge on any atom is 0.319 e. The maximum atomic E-state index is 12.2. The van der Waals surface area contributed by atoms with Crippen LogP contribution in [0.3, 0.4) is 0 Å². The number of carbonyl (C=O) groups is 1. The molecule has 0 spiro atoms. The van der Waals surface area contributed by atoms with Crippen LogP contribution in [0.5, 0.6) is 11.5 Å². The number of carbonyl (C=O) groups excluding carboxylic acids is 1. The van der Waals surface area contributed by atoms with E-state index in [4.69, 9.17) is 9.47 Å². The van der Waals surface area contributed by atoms with E-state index in [9.17, 15) is 4.79 Å². The summed E-state index contributed by atoms with van der Waals surface area (Å²) in [7, 11) is 0. The normalized spacial score (nSPS) is 10.4. The van der Waals surface area contributed by atoms with E-state index >= 15 is 0 Å². The zero-order chi connectivity index (χ0) is 20.5. The van der Waals surface area contributed by atoms with Crippen molar-refractivity contribution in [1.29, 1.82) is 0 Å². The molecule has 3 aromatic rings. The molecule has 6 nitrogen and oxygen atoms in total. The van der Waals surface area contributed by atoms with Crippen LogP contribution in [-0.2, 0) is 13.2 Å². The molecule has 0 atom stereocenters. The van der Waals surface area contributed by atoms with Gasteiger partial charge in [0.25, 0.3) is 0 Å². The van der Waals surface area contributed by atoms with E-state index in [1.165, 1.54) is 0 Å². The van der Waals surface area contributed by atoms with Crippen molar-refractivity contribution in [2.75, 3.05) is 5.32 Å². The van der Waals surface area contributed by atoms with E-state index in [-0.39, 0.29) is 12.1 Å². The predicted molar refractivity (Wildman–Crippen MR) is 113 cm³/mol. The first kappa shape index (κ1) is 20.2. The molecule has 1 aromatic heterocycles. The first-order valence-electron chi connectivity index (χ1n) is 9.52. The van der Waals surface area contributed by atoms with Crippen LogP contribution in [0, 0.1) is 0 Å². The molecule has 0 aliphatic heterocycles. The number of pyridine rings is 1. The SMILES string of the molecule is CC(C)Oc1ccccc1NC(=O)NCc1ccc(OCc2ccccn2)cc1. The molecule has 6 heteroatoms. The standard InChI is InChI=1S/C23H25N3O3/c1-17(2)29-22-9-4-3-8-21(22)26-23(27)25-15-18-10-12-20(13-11-18)28-16-19-7-5-6-14-24-19/h3-14,17H,15-16H2,1-2H3,(H2,25,26,27). The molecular weight excluding hydrogens is 366 g/mol. The minimum Gasteiger partial charge on any atom is -0.489 e. The highest BCUT2D eigenvalue weighted by atomic mass is 16.5. The summed E-state index contributed by atoms with van der Waals surface area (Å²) in [4.78, 5) is 16.5. The topological polar surface area (TPSA) is 72.5 Å². The van der Waals surface area contributed by atoms with E-state index in [0.29, 0.717) is 24.6 Å². The van der Waals surface area contributed by atoms with Gasteiger partial charge in [-0.15, -0.1) is 0 Å². The molecular formula is C23H25N3O3. The van der Waals surface area contributed by atoms with Crippen LogP contribution in [0.2, 0.25) is 0 Å². The molecule has 0 saturated heterocycles. The van der Waals surface area contributed by atoms with Crippen molar-refractivity contribution in [2.24, 2.45) is 0 Å². The molecule has 0 aliphatic carbocycles. The number of para-hydroxylation sites is 2. The monoisotopic (exact) mass is 391 g/mol. The Morgan fingerprint density at radius 3 is 2.48 bits per heavy atom. The Morgan fingerprint density at radius 1 is 1.00 bits per heavy atom. The van der Waals surface area contributed by atoms with Crippen molar-refractivity contribution in [1.82, 2.24) is 10.3 Å². The quantitative estimate of drug-likeness (QED) is 0.580. The highest BCUT2D eigenvalue weighted by molar-refractivity contribution is 5.90. The summed E-state index contributed by atoms with van der Waals surface area (Å²) in [6, 6.07) is 20.4. The number of rotatable bonds is 8. The van der Waals surface area contributed by atoms with E-state index in [1.807, 2.05) is 80.6 Å². The lowest BCUT2D eigenvalue weighted by molar-refractivity contribution is 0.241. The van der Waals surface area contributed by atoms with Gasteiger partial charge >= 0.3 is 6.03 Å². The Bertz CT molecular complexity index is 912. The molecule has 0 aliphatic rings. The van der Waals surface area contributed by atoms with Crippen molar-refractivity contribution in [2.45, 2.75) is 33.1 Å². The zero-order valence-electron chi connectivity index (χ0n) is 16.6. The highest BCUT2D eigenvalue weighted by Gasteiger charge is 2.08. The van der Waals surface area contributed by atoms with Gasteiger partial charge in [0.05, 0.1) is 17.5 Å². The number of amides is 2. The number of nitrogens with zero attached hydrogens (tertiary/aromatic N) is 1. The van der Waals surface area contributed by atoms with Crippen LogP contribution >= 0.6 is 0 Å². The highest BCUT2D eigenvalue weighted by Crippen LogP contribution is 2.24. The minimum absolute atomic E-state index is 0.0272. The van der Waals surface area contributed by atoms with Crippen LogP contribution in [-0.4, -0.2) is 17.1 Å². The van der Waals surface area contributed by atoms with Crippen LogP contribution in [0.4, 0.5) is 10.5 Å². The second-order valence-corrected chi connectivity index (χ2v) is 6.72. The number of hydrogen-bond acceptors (Lipinski definition) is 4. The second-order valence-electron chi connectivity index (χ2n) is 6.72. The van der Waals surface area contributed by atoms with Crippen LogP contribution in [0.15, 0.2) is 72.9 Å². The second kappa shape index (κ2) is 10.1. The summed E-state index contributed by atoms with van der Waals surface area (Å²) in [5, 5.41) is 5.68. The summed E-state index contributed by atoms with van der Waals surface area (Å²) in [6.45, 7) is 4.71. The Kier molecular flexibility index (Phi) is 7.05. The summed E-state index contributed by atoms with van der Waals surface area (Å²) in [6.07, 6.45) is 1.77. The molecule has 2 N–H and O–H groups in total. The van der Waals surface area contributed by atoms with Gasteiger partial charge in [0.2, 0.25) is 0 Å². The van der Waals surface area contributed by atoms with E-state index in [1.54, 1.807) is 6.20 Å². The molecule has 2 amide bonds. The molecule has 0 fully saturated rings. The summed E-state index contributed by atoms with van der Waals surface area (Å²) < 4.78 is 11.4. The summed E-state index contributed by atoms with van der Waals surface area (Å²) in [5.74, 6) is 1.40. The molecule has 1 heterocycles. The predicted octanol–water partition coefficient (Wildman–Crippen LogP) is 4.77. The third-order valence-electron chi connectivity index (χ3n) is 3.99. The van der Waals surface area contributed by atoms with E-state index < -0.39 is 0 Å². The number of nitrogens with one attached hydrogen (secondary N) is 2. The Morgan fingerprint density at radius 2 is 1.76 bits per heavy atom. The molecule has 3 rings (SSSR count). The molecule has 150 valence electrons. The van der Waals surface area contributed by atoms with E-state index in [0.717, 1.165) is 17.0 Å². The van der Waals surface area contributed by atoms with Crippen molar-refractivity contribution in [3.63, 3.8) is 0 Å². The lowest BCUT2D eigenvalue weighted by atomic mass is 10.2. The van der Waals surface area contributed by atoms with Crippen molar-refractivity contribution < 1.29 is 14.3 Å². The first-order valence-corrected chi connectivity index (χ1v) is 9.52. The number of benzene rings is 2. The third-order valence-corrected chi connectivity index (χ3v) is 3.99. The van der Waals surface area contributed by atoms with Gasteiger partial charge in [-0.05, 0) is 55.8 Å². The maximum absolute atomic E-state index is 12.2. The van der Waals surface area contributed by atoms with Crippen LogP contribution < -0.4 is 20.1 Å². The van der Waals surface area contributed by atoms with Crippen LogP contribution in [0.1, 0.15) is 25.1 Å². The van der Waals surface area contributed by atoms with Gasteiger partial charge in [0.15, 0.2) is 0 Å². The van der Waals surface area contributed by atoms with Crippen LogP contribution in [0.25, 0.3) is 0 Å². The van der Waals surface area contributed by atoms with E-state index in [2.05, 4.69) is 15.6 Å².